The van der Waals surface area contributed by atoms with Gasteiger partial charge in [0, 0.05) is 18.8 Å². The van der Waals surface area contributed by atoms with Gasteiger partial charge in [-0.05, 0) is 6.92 Å². The van der Waals surface area contributed by atoms with E-state index in [9.17, 15) is 0 Å². The zero-order valence-electron chi connectivity index (χ0n) is 9.44. The van der Waals surface area contributed by atoms with Gasteiger partial charge < -0.3 is 4.57 Å². The minimum atomic E-state index is 0.398. The number of nitriles is 1. The third kappa shape index (κ3) is 1.82. The van der Waals surface area contributed by atoms with E-state index in [0.717, 1.165) is 17.1 Å². The Bertz CT molecular complexity index is 529. The van der Waals surface area contributed by atoms with Gasteiger partial charge in [0.25, 0.3) is 0 Å². The molecule has 1 aromatic carbocycles. The van der Waals surface area contributed by atoms with Gasteiger partial charge in [0.2, 0.25) is 0 Å². The number of aromatic nitrogens is 2. The van der Waals surface area contributed by atoms with Crippen molar-refractivity contribution in [3.8, 4) is 17.5 Å². The first-order chi connectivity index (χ1) is 7.72. The number of rotatable bonds is 2. The Morgan fingerprint density at radius 1 is 1.31 bits per heavy atom. The topological polar surface area (TPSA) is 41.6 Å². The van der Waals surface area contributed by atoms with Gasteiger partial charge in [-0.3, -0.25) is 0 Å². The van der Waals surface area contributed by atoms with Gasteiger partial charge in [0.15, 0.2) is 0 Å². The molecule has 0 saturated carbocycles. The Hall–Kier alpha value is -2.08. The van der Waals surface area contributed by atoms with Crippen LogP contribution in [0.3, 0.4) is 0 Å². The van der Waals surface area contributed by atoms with E-state index in [1.54, 1.807) is 6.20 Å². The molecular formula is C13H13N3. The maximum Gasteiger partial charge on any atom is 0.139 e. The van der Waals surface area contributed by atoms with Crippen LogP contribution in [0.4, 0.5) is 0 Å². The number of imidazole rings is 1. The molecule has 2 aromatic rings. The Balaban J connectivity index is 2.42. The molecule has 0 unspecified atom stereocenters. The molecule has 2 rings (SSSR count). The molecule has 0 spiro atoms. The van der Waals surface area contributed by atoms with Crippen LogP contribution in [0, 0.1) is 18.3 Å². The largest absolute Gasteiger partial charge is 0.330 e. The summed E-state index contributed by atoms with van der Waals surface area (Å²) >= 11 is 0. The lowest BCUT2D eigenvalue weighted by Gasteiger charge is -2.04. The Labute approximate surface area is 95.0 Å². The number of aryl methyl sites for hydroxylation is 1. The van der Waals surface area contributed by atoms with Crippen LogP contribution in [0.5, 0.6) is 0 Å². The summed E-state index contributed by atoms with van der Waals surface area (Å²) in [5.74, 6) is 0.908. The van der Waals surface area contributed by atoms with Gasteiger partial charge in [-0.2, -0.15) is 5.26 Å². The molecule has 0 aliphatic carbocycles. The van der Waals surface area contributed by atoms with Crippen molar-refractivity contribution in [3.63, 3.8) is 0 Å². The van der Waals surface area contributed by atoms with E-state index < -0.39 is 0 Å². The first-order valence-corrected chi connectivity index (χ1v) is 5.17. The van der Waals surface area contributed by atoms with E-state index in [1.807, 2.05) is 23.7 Å². The third-order valence-electron chi connectivity index (χ3n) is 2.65. The van der Waals surface area contributed by atoms with Crippen LogP contribution in [0.25, 0.3) is 11.4 Å². The SMILES string of the molecule is Cc1ccc(-c2ncc(CC#N)n2C)cc1. The van der Waals surface area contributed by atoms with E-state index in [4.69, 9.17) is 5.26 Å². The number of hydrogen-bond donors (Lipinski definition) is 0. The van der Waals surface area contributed by atoms with Crippen molar-refractivity contribution in [2.75, 3.05) is 0 Å². The maximum atomic E-state index is 8.67. The van der Waals surface area contributed by atoms with Crippen molar-refractivity contribution >= 4 is 0 Å². The summed E-state index contributed by atoms with van der Waals surface area (Å²) in [6.07, 6.45) is 2.16. The molecule has 0 fully saturated rings. The second kappa shape index (κ2) is 4.19. The summed E-state index contributed by atoms with van der Waals surface area (Å²) in [4.78, 5) is 4.35. The number of benzene rings is 1. The highest BCUT2D eigenvalue weighted by Gasteiger charge is 2.07. The third-order valence-corrected chi connectivity index (χ3v) is 2.65. The van der Waals surface area contributed by atoms with Crippen molar-refractivity contribution in [1.29, 1.82) is 5.26 Å². The zero-order chi connectivity index (χ0) is 11.5. The van der Waals surface area contributed by atoms with Gasteiger partial charge in [0.05, 0.1) is 18.2 Å². The normalized spacial score (nSPS) is 10.1. The summed E-state index contributed by atoms with van der Waals surface area (Å²) in [6, 6.07) is 10.4. The monoisotopic (exact) mass is 211 g/mol. The average molecular weight is 211 g/mol. The van der Waals surface area contributed by atoms with Crippen molar-refractivity contribution < 1.29 is 0 Å². The average Bonchev–Trinajstić information content (AvgIpc) is 2.63. The predicted molar refractivity (Wildman–Crippen MR) is 62.7 cm³/mol. The highest BCUT2D eigenvalue weighted by Crippen LogP contribution is 2.19. The maximum absolute atomic E-state index is 8.67. The first kappa shape index (κ1) is 10.4. The summed E-state index contributed by atoms with van der Waals surface area (Å²) < 4.78 is 1.97. The quantitative estimate of drug-likeness (QED) is 0.765. The Kier molecular flexibility index (Phi) is 2.74. The molecular weight excluding hydrogens is 198 g/mol. The molecule has 1 heterocycles. The minimum Gasteiger partial charge on any atom is -0.330 e. The predicted octanol–water partition coefficient (Wildman–Crippen LogP) is 2.46. The highest BCUT2D eigenvalue weighted by molar-refractivity contribution is 5.56. The van der Waals surface area contributed by atoms with E-state index in [2.05, 4.69) is 30.1 Å². The van der Waals surface area contributed by atoms with Crippen LogP contribution in [-0.4, -0.2) is 9.55 Å². The lowest BCUT2D eigenvalue weighted by molar-refractivity contribution is 0.864. The van der Waals surface area contributed by atoms with Gasteiger partial charge in [-0.1, -0.05) is 29.8 Å². The molecule has 0 atom stereocenters. The van der Waals surface area contributed by atoms with Crippen LogP contribution in [0.15, 0.2) is 30.5 Å². The smallest absolute Gasteiger partial charge is 0.139 e. The summed E-state index contributed by atoms with van der Waals surface area (Å²) in [5, 5.41) is 8.67. The zero-order valence-corrected chi connectivity index (χ0v) is 9.44. The molecule has 0 aliphatic rings. The molecule has 0 bridgehead atoms. The van der Waals surface area contributed by atoms with E-state index in [0.29, 0.717) is 6.42 Å². The van der Waals surface area contributed by atoms with Crippen molar-refractivity contribution in [2.45, 2.75) is 13.3 Å². The lowest BCUT2D eigenvalue weighted by Crippen LogP contribution is -1.97. The van der Waals surface area contributed by atoms with Crippen LogP contribution in [0.1, 0.15) is 11.3 Å². The summed E-state index contributed by atoms with van der Waals surface area (Å²) in [5.41, 5.74) is 3.26. The van der Waals surface area contributed by atoms with E-state index in [-0.39, 0.29) is 0 Å². The van der Waals surface area contributed by atoms with E-state index in [1.165, 1.54) is 5.56 Å². The highest BCUT2D eigenvalue weighted by atomic mass is 15.1. The molecule has 80 valence electrons. The van der Waals surface area contributed by atoms with Gasteiger partial charge in [0.1, 0.15) is 5.82 Å². The Morgan fingerprint density at radius 2 is 2.00 bits per heavy atom. The minimum absolute atomic E-state index is 0.398. The standard InChI is InChI=1S/C13H13N3/c1-10-3-5-11(6-4-10)13-15-9-12(7-8-14)16(13)2/h3-6,9H,7H2,1-2H3. The summed E-state index contributed by atoms with van der Waals surface area (Å²) in [7, 11) is 1.94. The van der Waals surface area contributed by atoms with Gasteiger partial charge in [-0.25, -0.2) is 4.98 Å². The fourth-order valence-electron chi connectivity index (χ4n) is 1.66. The molecule has 0 amide bonds. The molecule has 1 aromatic heterocycles. The fourth-order valence-corrected chi connectivity index (χ4v) is 1.66. The second-order valence-electron chi connectivity index (χ2n) is 3.83. The molecule has 3 heteroatoms. The lowest BCUT2D eigenvalue weighted by atomic mass is 10.1. The first-order valence-electron chi connectivity index (χ1n) is 5.17. The van der Waals surface area contributed by atoms with Crippen LogP contribution >= 0.6 is 0 Å². The Morgan fingerprint density at radius 3 is 2.62 bits per heavy atom. The fraction of sp³-hybridized carbons (Fsp3) is 0.231. The van der Waals surface area contributed by atoms with Crippen molar-refractivity contribution in [1.82, 2.24) is 9.55 Å². The molecule has 16 heavy (non-hydrogen) atoms. The van der Waals surface area contributed by atoms with Crippen molar-refractivity contribution in [3.05, 3.63) is 41.7 Å². The molecule has 0 aliphatic heterocycles. The number of nitrogens with zero attached hydrogens (tertiary/aromatic N) is 3. The molecule has 0 N–H and O–H groups in total. The summed E-state index contributed by atoms with van der Waals surface area (Å²) in [6.45, 7) is 2.06. The second-order valence-corrected chi connectivity index (χ2v) is 3.83. The molecule has 0 saturated heterocycles. The van der Waals surface area contributed by atoms with Gasteiger partial charge >= 0.3 is 0 Å². The van der Waals surface area contributed by atoms with Crippen LogP contribution < -0.4 is 0 Å². The van der Waals surface area contributed by atoms with Gasteiger partial charge in [-0.15, -0.1) is 0 Å². The molecule has 3 nitrogen and oxygen atoms in total. The van der Waals surface area contributed by atoms with Crippen molar-refractivity contribution in [2.24, 2.45) is 7.05 Å². The molecule has 0 radical (unpaired) electrons. The van der Waals surface area contributed by atoms with Crippen LogP contribution in [-0.2, 0) is 13.5 Å². The number of hydrogen-bond acceptors (Lipinski definition) is 2. The van der Waals surface area contributed by atoms with Crippen LogP contribution in [0.2, 0.25) is 0 Å². The van der Waals surface area contributed by atoms with E-state index >= 15 is 0 Å².